The molecule has 26 heavy (non-hydrogen) atoms. The predicted molar refractivity (Wildman–Crippen MR) is 92.2 cm³/mol. The van der Waals surface area contributed by atoms with Gasteiger partial charge in [0.15, 0.2) is 11.6 Å². The number of carbonyl (C=O) groups is 1. The highest BCUT2D eigenvalue weighted by molar-refractivity contribution is 5.91. The van der Waals surface area contributed by atoms with Crippen LogP contribution in [0, 0.1) is 6.92 Å². The molecule has 1 aliphatic rings. The zero-order valence-corrected chi connectivity index (χ0v) is 14.9. The second-order valence-corrected chi connectivity index (χ2v) is 6.63. The second kappa shape index (κ2) is 6.78. The van der Waals surface area contributed by atoms with Gasteiger partial charge in [0.05, 0.1) is 17.8 Å². The Morgan fingerprint density at radius 1 is 1.27 bits per heavy atom. The summed E-state index contributed by atoms with van der Waals surface area (Å²) in [6, 6.07) is 3.30. The average molecular weight is 355 g/mol. The maximum atomic E-state index is 13.0. The van der Waals surface area contributed by atoms with Crippen molar-refractivity contribution in [2.75, 3.05) is 6.54 Å². The highest BCUT2D eigenvalue weighted by Crippen LogP contribution is 2.31. The first kappa shape index (κ1) is 16.6. The fraction of sp³-hybridized carbons (Fsp3) is 0.444. The van der Waals surface area contributed by atoms with Crippen LogP contribution >= 0.6 is 0 Å². The van der Waals surface area contributed by atoms with Crippen LogP contribution in [0.4, 0.5) is 0 Å². The van der Waals surface area contributed by atoms with Crippen molar-refractivity contribution >= 4 is 5.91 Å². The fourth-order valence-corrected chi connectivity index (χ4v) is 3.33. The number of likely N-dealkylation sites (tertiary alicyclic amines) is 1. The number of aryl methyl sites for hydroxylation is 2. The van der Waals surface area contributed by atoms with Crippen LogP contribution in [0.25, 0.3) is 11.5 Å². The Morgan fingerprint density at radius 2 is 2.15 bits per heavy atom. The van der Waals surface area contributed by atoms with Gasteiger partial charge in [-0.05, 0) is 31.9 Å². The summed E-state index contributed by atoms with van der Waals surface area (Å²) in [6.07, 6.45) is 7.34. The van der Waals surface area contributed by atoms with Crippen LogP contribution in [0.15, 0.2) is 33.5 Å². The topological polar surface area (TPSA) is 90.2 Å². The lowest BCUT2D eigenvalue weighted by Gasteiger charge is -2.26. The van der Waals surface area contributed by atoms with Crippen molar-refractivity contribution in [3.8, 4) is 11.5 Å². The Morgan fingerprint density at radius 3 is 2.88 bits per heavy atom. The maximum Gasteiger partial charge on any atom is 0.290 e. The number of hydrogen-bond donors (Lipinski definition) is 0. The van der Waals surface area contributed by atoms with E-state index < -0.39 is 0 Å². The molecule has 0 bridgehead atoms. The van der Waals surface area contributed by atoms with Gasteiger partial charge < -0.3 is 13.8 Å². The highest BCUT2D eigenvalue weighted by Gasteiger charge is 2.32. The lowest BCUT2D eigenvalue weighted by Crippen LogP contribution is -2.35. The van der Waals surface area contributed by atoms with E-state index in [0.717, 1.165) is 37.0 Å². The molecular formula is C18H21N5O3. The van der Waals surface area contributed by atoms with Gasteiger partial charge in [-0.3, -0.25) is 9.48 Å². The van der Waals surface area contributed by atoms with Crippen molar-refractivity contribution in [1.29, 1.82) is 0 Å². The predicted octanol–water partition coefficient (Wildman–Crippen LogP) is 3.13. The van der Waals surface area contributed by atoms with Crippen LogP contribution < -0.4 is 0 Å². The molecule has 1 unspecified atom stereocenters. The van der Waals surface area contributed by atoms with Crippen LogP contribution in [-0.4, -0.2) is 37.3 Å². The van der Waals surface area contributed by atoms with Gasteiger partial charge >= 0.3 is 0 Å². The summed E-state index contributed by atoms with van der Waals surface area (Å²) >= 11 is 0. The molecule has 4 heterocycles. The second-order valence-electron chi connectivity index (χ2n) is 6.63. The van der Waals surface area contributed by atoms with Gasteiger partial charge in [0.25, 0.3) is 11.8 Å². The van der Waals surface area contributed by atoms with E-state index in [0.29, 0.717) is 24.0 Å². The first-order valence-corrected chi connectivity index (χ1v) is 8.82. The van der Waals surface area contributed by atoms with Gasteiger partial charge in [-0.1, -0.05) is 18.0 Å². The molecular weight excluding hydrogens is 334 g/mol. The average Bonchev–Trinajstić information content (AvgIpc) is 3.33. The molecule has 1 atom stereocenters. The fourth-order valence-electron chi connectivity index (χ4n) is 3.33. The van der Waals surface area contributed by atoms with Crippen LogP contribution in [0.5, 0.6) is 0 Å². The molecule has 1 saturated heterocycles. The molecule has 0 aliphatic carbocycles. The number of amides is 1. The molecule has 0 N–H and O–H groups in total. The van der Waals surface area contributed by atoms with Gasteiger partial charge in [-0.25, -0.2) is 0 Å². The molecule has 8 nitrogen and oxygen atoms in total. The van der Waals surface area contributed by atoms with Gasteiger partial charge in [-0.2, -0.15) is 10.1 Å². The summed E-state index contributed by atoms with van der Waals surface area (Å²) in [5.74, 6) is 1.89. The standard InChI is InChI=1S/C18H21N5O3/c1-12-7-8-15(25-12)18(24)23-9-5-3-4-6-14(23)16-20-17(26-21-16)13-10-19-22(2)11-13/h7-8,10-11,14H,3-6,9H2,1-2H3. The Bertz CT molecular complexity index is 909. The summed E-state index contributed by atoms with van der Waals surface area (Å²) in [5.41, 5.74) is 0.763. The first-order valence-electron chi connectivity index (χ1n) is 8.82. The molecule has 1 aliphatic heterocycles. The minimum Gasteiger partial charge on any atom is -0.456 e. The lowest BCUT2D eigenvalue weighted by molar-refractivity contribution is 0.0636. The molecule has 8 heteroatoms. The molecule has 0 spiro atoms. The van der Waals surface area contributed by atoms with E-state index in [2.05, 4.69) is 15.2 Å². The summed E-state index contributed by atoms with van der Waals surface area (Å²) in [4.78, 5) is 19.3. The molecule has 0 aromatic carbocycles. The zero-order chi connectivity index (χ0) is 18.1. The molecule has 4 rings (SSSR count). The third kappa shape index (κ3) is 3.14. The van der Waals surface area contributed by atoms with E-state index in [1.54, 1.807) is 23.0 Å². The molecule has 3 aromatic rings. The number of hydrogen-bond acceptors (Lipinski definition) is 6. The molecule has 0 saturated carbocycles. The Balaban J connectivity index is 1.63. The summed E-state index contributed by atoms with van der Waals surface area (Å²) in [7, 11) is 1.83. The van der Waals surface area contributed by atoms with Gasteiger partial charge in [0.2, 0.25) is 0 Å². The zero-order valence-electron chi connectivity index (χ0n) is 14.9. The maximum absolute atomic E-state index is 13.0. The number of nitrogens with zero attached hydrogens (tertiary/aromatic N) is 5. The summed E-state index contributed by atoms with van der Waals surface area (Å²) in [6.45, 7) is 2.48. The van der Waals surface area contributed by atoms with Gasteiger partial charge in [-0.15, -0.1) is 0 Å². The van der Waals surface area contributed by atoms with E-state index in [1.165, 1.54) is 0 Å². The highest BCUT2D eigenvalue weighted by atomic mass is 16.5. The van der Waals surface area contributed by atoms with Crippen LogP contribution in [0.1, 0.15) is 53.9 Å². The first-order chi connectivity index (χ1) is 12.6. The van der Waals surface area contributed by atoms with Crippen molar-refractivity contribution in [1.82, 2.24) is 24.8 Å². The van der Waals surface area contributed by atoms with Crippen molar-refractivity contribution < 1.29 is 13.7 Å². The van der Waals surface area contributed by atoms with Gasteiger partial charge in [0.1, 0.15) is 5.76 Å². The van der Waals surface area contributed by atoms with Gasteiger partial charge in [0, 0.05) is 19.8 Å². The lowest BCUT2D eigenvalue weighted by atomic mass is 10.1. The third-order valence-corrected chi connectivity index (χ3v) is 4.66. The third-order valence-electron chi connectivity index (χ3n) is 4.66. The molecule has 3 aromatic heterocycles. The normalized spacial score (nSPS) is 18.1. The van der Waals surface area contributed by atoms with Crippen LogP contribution in [-0.2, 0) is 7.05 Å². The number of rotatable bonds is 3. The molecule has 1 amide bonds. The van der Waals surface area contributed by atoms with Crippen molar-refractivity contribution in [3.05, 3.63) is 41.9 Å². The molecule has 1 fully saturated rings. The van der Waals surface area contributed by atoms with Crippen molar-refractivity contribution in [2.24, 2.45) is 7.05 Å². The van der Waals surface area contributed by atoms with Crippen molar-refractivity contribution in [2.45, 2.75) is 38.6 Å². The van der Waals surface area contributed by atoms with E-state index >= 15 is 0 Å². The van der Waals surface area contributed by atoms with E-state index in [4.69, 9.17) is 8.94 Å². The van der Waals surface area contributed by atoms with Crippen LogP contribution in [0.3, 0.4) is 0 Å². The number of furan rings is 1. The minimum atomic E-state index is -0.218. The Hall–Kier alpha value is -2.90. The SMILES string of the molecule is Cc1ccc(C(=O)N2CCCCCC2c2noc(-c3cnn(C)c3)n2)o1. The van der Waals surface area contributed by atoms with E-state index in [-0.39, 0.29) is 11.9 Å². The smallest absolute Gasteiger partial charge is 0.290 e. The molecule has 136 valence electrons. The number of aromatic nitrogens is 4. The monoisotopic (exact) mass is 355 g/mol. The number of carbonyl (C=O) groups excluding carboxylic acids is 1. The quantitative estimate of drug-likeness (QED) is 0.717. The Kier molecular flexibility index (Phi) is 4.32. The Labute approximate surface area is 150 Å². The van der Waals surface area contributed by atoms with Crippen LogP contribution in [0.2, 0.25) is 0 Å². The summed E-state index contributed by atoms with van der Waals surface area (Å²) < 4.78 is 12.6. The van der Waals surface area contributed by atoms with E-state index in [1.807, 2.05) is 25.1 Å². The van der Waals surface area contributed by atoms with E-state index in [9.17, 15) is 4.79 Å². The largest absolute Gasteiger partial charge is 0.456 e. The molecule has 0 radical (unpaired) electrons. The summed E-state index contributed by atoms with van der Waals surface area (Å²) in [5, 5.41) is 8.28. The van der Waals surface area contributed by atoms with Crippen molar-refractivity contribution in [3.63, 3.8) is 0 Å². The minimum absolute atomic E-state index is 0.127.